The van der Waals surface area contributed by atoms with Crippen molar-refractivity contribution >= 4 is 34.1 Å². The summed E-state index contributed by atoms with van der Waals surface area (Å²) in [5.41, 5.74) is 3.88. The van der Waals surface area contributed by atoms with Crippen LogP contribution in [0.1, 0.15) is 16.1 Å². The van der Waals surface area contributed by atoms with Crippen LogP contribution in [0.3, 0.4) is 0 Å². The first kappa shape index (κ1) is 21.5. The van der Waals surface area contributed by atoms with E-state index < -0.39 is 0 Å². The van der Waals surface area contributed by atoms with Crippen molar-refractivity contribution < 1.29 is 4.79 Å². The summed E-state index contributed by atoms with van der Waals surface area (Å²) in [4.78, 5) is 31.0. The van der Waals surface area contributed by atoms with Crippen molar-refractivity contribution in [3.63, 3.8) is 0 Å². The molecular formula is C24H24ClN7O. The van der Waals surface area contributed by atoms with E-state index in [0.717, 1.165) is 48.2 Å². The van der Waals surface area contributed by atoms with Crippen LogP contribution in [0.15, 0.2) is 49.2 Å². The van der Waals surface area contributed by atoms with Crippen LogP contribution in [0.5, 0.6) is 0 Å². The highest BCUT2D eigenvalue weighted by atomic mass is 35.5. The second kappa shape index (κ2) is 8.88. The normalized spacial score (nSPS) is 14.7. The average Bonchev–Trinajstić information content (AvgIpc) is 3.25. The first-order valence-corrected chi connectivity index (χ1v) is 11.2. The number of aromatic nitrogens is 5. The molecule has 0 aromatic carbocycles. The highest BCUT2D eigenvalue weighted by Gasteiger charge is 2.22. The molecule has 4 aromatic heterocycles. The second-order valence-corrected chi connectivity index (χ2v) is 8.76. The molecule has 0 aliphatic carbocycles. The number of halogens is 1. The van der Waals surface area contributed by atoms with E-state index in [1.54, 1.807) is 29.3 Å². The van der Waals surface area contributed by atoms with Gasteiger partial charge in [0, 0.05) is 79.6 Å². The number of Topliss-reactive ketones (excluding diaryl/α,β-unsaturated/α-hetero) is 1. The van der Waals surface area contributed by atoms with Crippen LogP contribution >= 0.6 is 11.6 Å². The number of ketones is 1. The lowest BCUT2D eigenvalue weighted by atomic mass is 10.0. The Morgan fingerprint density at radius 1 is 1.00 bits per heavy atom. The Hall–Kier alpha value is -3.36. The molecule has 9 heteroatoms. The van der Waals surface area contributed by atoms with Gasteiger partial charge in [-0.3, -0.25) is 19.4 Å². The van der Waals surface area contributed by atoms with Crippen molar-refractivity contribution in [2.75, 3.05) is 38.1 Å². The van der Waals surface area contributed by atoms with Crippen molar-refractivity contribution in [1.29, 1.82) is 0 Å². The molecule has 1 aliphatic heterocycles. The van der Waals surface area contributed by atoms with Crippen LogP contribution in [0.4, 0.5) is 5.82 Å². The number of piperazine rings is 1. The molecule has 4 aromatic rings. The van der Waals surface area contributed by atoms with E-state index in [-0.39, 0.29) is 12.2 Å². The molecule has 8 nitrogen and oxygen atoms in total. The maximum absolute atomic E-state index is 13.1. The van der Waals surface area contributed by atoms with Gasteiger partial charge in [0.15, 0.2) is 5.78 Å². The first-order chi connectivity index (χ1) is 16.0. The number of carbonyl (C=O) groups is 1. The number of hydrogen-bond acceptors (Lipinski definition) is 7. The molecule has 0 amide bonds. The van der Waals surface area contributed by atoms with Gasteiger partial charge in [0.1, 0.15) is 5.82 Å². The molecule has 1 aliphatic rings. The van der Waals surface area contributed by atoms with Crippen molar-refractivity contribution in [2.45, 2.75) is 6.42 Å². The number of carbonyl (C=O) groups excluding carboxylic acids is 1. The average molecular weight is 462 g/mol. The quantitative estimate of drug-likeness (QED) is 0.422. The fraction of sp³-hybridized carbons (Fsp3) is 0.292. The number of nitrogens with zero attached hydrogens (tertiary/aromatic N) is 7. The van der Waals surface area contributed by atoms with Gasteiger partial charge < -0.3 is 9.80 Å². The van der Waals surface area contributed by atoms with E-state index >= 15 is 0 Å². The predicted molar refractivity (Wildman–Crippen MR) is 129 cm³/mol. The Morgan fingerprint density at radius 2 is 1.82 bits per heavy atom. The topological polar surface area (TPSA) is 80.0 Å². The van der Waals surface area contributed by atoms with Gasteiger partial charge >= 0.3 is 0 Å². The van der Waals surface area contributed by atoms with Gasteiger partial charge in [-0.1, -0.05) is 11.6 Å². The van der Waals surface area contributed by atoms with Crippen molar-refractivity contribution in [1.82, 2.24) is 29.6 Å². The van der Waals surface area contributed by atoms with Crippen molar-refractivity contribution in [2.24, 2.45) is 7.05 Å². The molecule has 5 heterocycles. The zero-order valence-corrected chi connectivity index (χ0v) is 19.3. The third kappa shape index (κ3) is 4.44. The lowest BCUT2D eigenvalue weighted by molar-refractivity contribution is 0.0992. The maximum atomic E-state index is 13.1. The Balaban J connectivity index is 1.39. The minimum absolute atomic E-state index is 0.0824. The summed E-state index contributed by atoms with van der Waals surface area (Å²) in [6.07, 6.45) is 9.07. The Bertz CT molecular complexity index is 1330. The fourth-order valence-corrected chi connectivity index (χ4v) is 4.38. The second-order valence-electron chi connectivity index (χ2n) is 8.38. The molecule has 0 bridgehead atoms. The summed E-state index contributed by atoms with van der Waals surface area (Å²) < 4.78 is 1.75. The number of anilines is 1. The van der Waals surface area contributed by atoms with Crippen molar-refractivity contribution in [3.05, 3.63) is 65.5 Å². The Labute approximate surface area is 196 Å². The van der Waals surface area contributed by atoms with E-state index in [9.17, 15) is 4.79 Å². The zero-order chi connectivity index (χ0) is 22.9. The molecular weight excluding hydrogens is 438 g/mol. The lowest BCUT2D eigenvalue weighted by Gasteiger charge is -2.33. The highest BCUT2D eigenvalue weighted by Crippen LogP contribution is 2.29. The van der Waals surface area contributed by atoms with E-state index in [1.807, 2.05) is 31.6 Å². The van der Waals surface area contributed by atoms with Crippen LogP contribution < -0.4 is 4.90 Å². The Morgan fingerprint density at radius 3 is 2.58 bits per heavy atom. The van der Waals surface area contributed by atoms with Crippen LogP contribution in [-0.2, 0) is 13.5 Å². The van der Waals surface area contributed by atoms with Crippen LogP contribution in [0.25, 0.3) is 22.0 Å². The van der Waals surface area contributed by atoms with Gasteiger partial charge in [-0.2, -0.15) is 5.10 Å². The minimum atomic E-state index is -0.0824. The van der Waals surface area contributed by atoms with Crippen LogP contribution in [-0.4, -0.2) is 68.6 Å². The zero-order valence-electron chi connectivity index (χ0n) is 18.6. The molecule has 168 valence electrons. The van der Waals surface area contributed by atoms with Crippen LogP contribution in [0, 0.1) is 0 Å². The molecule has 0 unspecified atom stereocenters. The number of fused-ring (bicyclic) bond motifs is 1. The monoisotopic (exact) mass is 461 g/mol. The van der Waals surface area contributed by atoms with Gasteiger partial charge in [-0.05, 0) is 25.2 Å². The summed E-state index contributed by atoms with van der Waals surface area (Å²) in [5, 5.41) is 5.56. The van der Waals surface area contributed by atoms with Gasteiger partial charge in [0.05, 0.1) is 29.4 Å². The number of aryl methyl sites for hydroxylation is 1. The lowest BCUT2D eigenvalue weighted by Crippen LogP contribution is -2.45. The summed E-state index contributed by atoms with van der Waals surface area (Å²) >= 11 is 6.65. The van der Waals surface area contributed by atoms with E-state index in [0.29, 0.717) is 22.1 Å². The Kier molecular flexibility index (Phi) is 5.78. The fourth-order valence-electron chi connectivity index (χ4n) is 4.05. The summed E-state index contributed by atoms with van der Waals surface area (Å²) in [6.45, 7) is 3.54. The molecule has 0 atom stereocenters. The number of likely N-dealkylation sites (N-methyl/N-ethyl adjacent to an activating group) is 1. The van der Waals surface area contributed by atoms with Gasteiger partial charge in [-0.25, -0.2) is 4.98 Å². The van der Waals surface area contributed by atoms with Gasteiger partial charge in [-0.15, -0.1) is 0 Å². The molecule has 1 saturated heterocycles. The summed E-state index contributed by atoms with van der Waals surface area (Å²) in [7, 11) is 3.98. The number of hydrogen-bond donors (Lipinski definition) is 0. The van der Waals surface area contributed by atoms with Gasteiger partial charge in [0.2, 0.25) is 0 Å². The number of rotatable bonds is 5. The maximum Gasteiger partial charge on any atom is 0.170 e. The van der Waals surface area contributed by atoms with Gasteiger partial charge in [0.25, 0.3) is 0 Å². The first-order valence-electron chi connectivity index (χ1n) is 10.8. The molecule has 0 N–H and O–H groups in total. The SMILES string of the molecule is CN1CCN(c2nccc(C(=O)Cc3cc4cc(-c5cnn(C)c5)cnc4cn3)c2Cl)CC1. The van der Waals surface area contributed by atoms with Crippen molar-refractivity contribution in [3.8, 4) is 11.1 Å². The minimum Gasteiger partial charge on any atom is -0.353 e. The van der Waals surface area contributed by atoms with E-state index in [4.69, 9.17) is 11.6 Å². The highest BCUT2D eigenvalue weighted by molar-refractivity contribution is 6.36. The van der Waals surface area contributed by atoms with Crippen LogP contribution in [0.2, 0.25) is 5.02 Å². The molecule has 0 saturated carbocycles. The standard InChI is InChI=1S/C24H24ClN7O/c1-30-5-7-32(8-6-30)24-23(25)20(3-4-26-24)22(33)11-19-10-16-9-17(12-28-21(16)14-27-19)18-13-29-31(2)15-18/h3-4,9-10,12-15H,5-8,11H2,1-2H3. The van der Waals surface area contributed by atoms with E-state index in [2.05, 4.69) is 36.9 Å². The number of pyridine rings is 3. The predicted octanol–water partition coefficient (Wildman–Crippen LogP) is 3.26. The van der Waals surface area contributed by atoms with E-state index in [1.165, 1.54) is 0 Å². The molecule has 0 radical (unpaired) electrons. The molecule has 33 heavy (non-hydrogen) atoms. The third-order valence-corrected chi connectivity index (χ3v) is 6.35. The largest absolute Gasteiger partial charge is 0.353 e. The molecule has 0 spiro atoms. The molecule has 5 rings (SSSR count). The third-order valence-electron chi connectivity index (χ3n) is 5.98. The summed E-state index contributed by atoms with van der Waals surface area (Å²) in [6, 6.07) is 5.64. The molecule has 1 fully saturated rings. The summed E-state index contributed by atoms with van der Waals surface area (Å²) in [5.74, 6) is 0.591. The smallest absolute Gasteiger partial charge is 0.170 e.